The van der Waals surface area contributed by atoms with Crippen LogP contribution in [0.1, 0.15) is 19.3 Å². The second kappa shape index (κ2) is 3.19. The molecular formula is C7H13NO3. The van der Waals surface area contributed by atoms with Gasteiger partial charge < -0.3 is 15.9 Å². The molecule has 1 saturated carbocycles. The van der Waals surface area contributed by atoms with Gasteiger partial charge in [0.05, 0.1) is 0 Å². The van der Waals surface area contributed by atoms with Gasteiger partial charge in [0.2, 0.25) is 0 Å². The Morgan fingerprint density at radius 1 is 1.64 bits per heavy atom. The van der Waals surface area contributed by atoms with E-state index in [-0.39, 0.29) is 0 Å². The summed E-state index contributed by atoms with van der Waals surface area (Å²) in [7, 11) is 0. The smallest absolute Gasteiger partial charge is 0.334 e. The van der Waals surface area contributed by atoms with Gasteiger partial charge in [-0.3, -0.25) is 0 Å². The predicted molar refractivity (Wildman–Crippen MR) is 39.0 cm³/mol. The summed E-state index contributed by atoms with van der Waals surface area (Å²) in [6, 6.07) is -0.597. The number of aliphatic carboxylic acids is 1. The van der Waals surface area contributed by atoms with Gasteiger partial charge in [0.1, 0.15) is 0 Å². The SMILES string of the molecule is NC(CC1CC1)C(O)C(=O)O. The second-order valence-corrected chi connectivity index (χ2v) is 3.13. The normalized spacial score (nSPS) is 22.7. The highest BCUT2D eigenvalue weighted by molar-refractivity contribution is 5.72. The monoisotopic (exact) mass is 159 g/mol. The molecule has 0 amide bonds. The number of aliphatic hydroxyl groups is 1. The molecule has 0 aliphatic heterocycles. The number of aliphatic hydroxyl groups excluding tert-OH is 1. The van der Waals surface area contributed by atoms with Crippen LogP contribution in [0.25, 0.3) is 0 Å². The largest absolute Gasteiger partial charge is 0.479 e. The van der Waals surface area contributed by atoms with Crippen molar-refractivity contribution in [2.75, 3.05) is 0 Å². The van der Waals surface area contributed by atoms with E-state index in [2.05, 4.69) is 0 Å². The van der Waals surface area contributed by atoms with Crippen LogP contribution < -0.4 is 5.73 Å². The summed E-state index contributed by atoms with van der Waals surface area (Å²) in [5.74, 6) is -0.669. The average molecular weight is 159 g/mol. The van der Waals surface area contributed by atoms with Gasteiger partial charge >= 0.3 is 5.97 Å². The number of rotatable bonds is 4. The Morgan fingerprint density at radius 3 is 2.55 bits per heavy atom. The third-order valence-electron chi connectivity index (χ3n) is 1.96. The Bertz CT molecular complexity index is 156. The molecule has 11 heavy (non-hydrogen) atoms. The highest BCUT2D eigenvalue weighted by atomic mass is 16.4. The summed E-state index contributed by atoms with van der Waals surface area (Å²) in [6.07, 6.45) is 1.49. The van der Waals surface area contributed by atoms with Crippen LogP contribution in [0.15, 0.2) is 0 Å². The first-order valence-electron chi connectivity index (χ1n) is 3.77. The average Bonchev–Trinajstić information content (AvgIpc) is 2.69. The standard InChI is InChI=1S/C7H13NO3/c8-5(3-4-1-2-4)6(9)7(10)11/h4-6,9H,1-3,8H2,(H,10,11). The molecule has 64 valence electrons. The van der Waals surface area contributed by atoms with Crippen molar-refractivity contribution in [1.82, 2.24) is 0 Å². The van der Waals surface area contributed by atoms with Crippen molar-refractivity contribution in [2.24, 2.45) is 11.7 Å². The Hall–Kier alpha value is -0.610. The number of hydrogen-bond acceptors (Lipinski definition) is 3. The molecule has 1 rings (SSSR count). The first-order chi connectivity index (χ1) is 5.11. The van der Waals surface area contributed by atoms with Crippen molar-refractivity contribution in [3.05, 3.63) is 0 Å². The molecule has 0 saturated heterocycles. The molecular weight excluding hydrogens is 146 g/mol. The van der Waals surface area contributed by atoms with E-state index in [1.165, 1.54) is 0 Å². The number of carboxylic acid groups (broad SMARTS) is 1. The number of carbonyl (C=O) groups is 1. The van der Waals surface area contributed by atoms with E-state index in [1.54, 1.807) is 0 Å². The van der Waals surface area contributed by atoms with E-state index in [4.69, 9.17) is 15.9 Å². The molecule has 2 atom stereocenters. The lowest BCUT2D eigenvalue weighted by Gasteiger charge is -2.13. The minimum atomic E-state index is -1.39. The summed E-state index contributed by atoms with van der Waals surface area (Å²) >= 11 is 0. The zero-order valence-corrected chi connectivity index (χ0v) is 6.23. The lowest BCUT2D eigenvalue weighted by atomic mass is 10.1. The topological polar surface area (TPSA) is 83.5 Å². The maximum atomic E-state index is 10.2. The molecule has 4 N–H and O–H groups in total. The molecule has 1 aliphatic carbocycles. The fourth-order valence-corrected chi connectivity index (χ4v) is 1.05. The molecule has 1 fully saturated rings. The third-order valence-corrected chi connectivity index (χ3v) is 1.96. The summed E-state index contributed by atoms with van der Waals surface area (Å²) < 4.78 is 0. The fraction of sp³-hybridized carbons (Fsp3) is 0.857. The number of nitrogens with two attached hydrogens (primary N) is 1. The van der Waals surface area contributed by atoms with E-state index >= 15 is 0 Å². The Labute approximate surface area is 65.0 Å². The van der Waals surface area contributed by atoms with Crippen molar-refractivity contribution in [1.29, 1.82) is 0 Å². The van der Waals surface area contributed by atoms with Gasteiger partial charge in [0, 0.05) is 6.04 Å². The zero-order valence-electron chi connectivity index (χ0n) is 6.23. The minimum Gasteiger partial charge on any atom is -0.479 e. The zero-order chi connectivity index (χ0) is 8.43. The van der Waals surface area contributed by atoms with Crippen molar-refractivity contribution < 1.29 is 15.0 Å². The van der Waals surface area contributed by atoms with Crippen molar-refractivity contribution in [2.45, 2.75) is 31.4 Å². The first kappa shape index (κ1) is 8.49. The first-order valence-corrected chi connectivity index (χ1v) is 3.77. The van der Waals surface area contributed by atoms with Gasteiger partial charge in [0.25, 0.3) is 0 Å². The van der Waals surface area contributed by atoms with E-state index in [9.17, 15) is 4.79 Å². The lowest BCUT2D eigenvalue weighted by molar-refractivity contribution is -0.147. The van der Waals surface area contributed by atoms with Gasteiger partial charge in [-0.15, -0.1) is 0 Å². The lowest BCUT2D eigenvalue weighted by Crippen LogP contribution is -2.40. The molecule has 0 bridgehead atoms. The molecule has 0 spiro atoms. The maximum Gasteiger partial charge on any atom is 0.334 e. The number of hydrogen-bond donors (Lipinski definition) is 3. The van der Waals surface area contributed by atoms with Gasteiger partial charge in [-0.2, -0.15) is 0 Å². The summed E-state index contributed by atoms with van der Waals surface area (Å²) in [4.78, 5) is 10.2. The van der Waals surface area contributed by atoms with E-state index in [0.717, 1.165) is 12.8 Å². The quantitative estimate of drug-likeness (QED) is 0.519. The van der Waals surface area contributed by atoms with Gasteiger partial charge in [-0.05, 0) is 12.3 Å². The highest BCUT2D eigenvalue weighted by Crippen LogP contribution is 2.33. The number of carboxylic acids is 1. The van der Waals surface area contributed by atoms with Gasteiger partial charge in [0.15, 0.2) is 6.10 Å². The van der Waals surface area contributed by atoms with Crippen LogP contribution in [0.4, 0.5) is 0 Å². The molecule has 4 heteroatoms. The Kier molecular flexibility index (Phi) is 2.46. The minimum absolute atomic E-state index is 0.555. The molecule has 2 unspecified atom stereocenters. The van der Waals surface area contributed by atoms with Crippen LogP contribution >= 0.6 is 0 Å². The summed E-state index contributed by atoms with van der Waals surface area (Å²) in [5.41, 5.74) is 5.43. The van der Waals surface area contributed by atoms with E-state index in [1.807, 2.05) is 0 Å². The predicted octanol–water partition coefficient (Wildman–Crippen LogP) is -0.441. The second-order valence-electron chi connectivity index (χ2n) is 3.13. The van der Waals surface area contributed by atoms with Crippen molar-refractivity contribution in [3.8, 4) is 0 Å². The van der Waals surface area contributed by atoms with Crippen LogP contribution in [-0.2, 0) is 4.79 Å². The third kappa shape index (κ3) is 2.48. The van der Waals surface area contributed by atoms with Crippen LogP contribution in [0.3, 0.4) is 0 Å². The van der Waals surface area contributed by atoms with Gasteiger partial charge in [-0.25, -0.2) is 4.79 Å². The molecule has 1 aliphatic rings. The Balaban J connectivity index is 2.26. The molecule has 0 radical (unpaired) electrons. The van der Waals surface area contributed by atoms with E-state index in [0.29, 0.717) is 12.3 Å². The highest BCUT2D eigenvalue weighted by Gasteiger charge is 2.29. The van der Waals surface area contributed by atoms with Crippen LogP contribution in [0.5, 0.6) is 0 Å². The summed E-state index contributed by atoms with van der Waals surface area (Å²) in [5, 5.41) is 17.3. The maximum absolute atomic E-state index is 10.2. The van der Waals surface area contributed by atoms with Crippen LogP contribution in [0, 0.1) is 5.92 Å². The molecule has 0 heterocycles. The fourth-order valence-electron chi connectivity index (χ4n) is 1.05. The van der Waals surface area contributed by atoms with Gasteiger partial charge in [-0.1, -0.05) is 12.8 Å². The van der Waals surface area contributed by atoms with Crippen molar-refractivity contribution in [3.63, 3.8) is 0 Å². The van der Waals surface area contributed by atoms with Crippen LogP contribution in [0.2, 0.25) is 0 Å². The molecule has 0 aromatic heterocycles. The van der Waals surface area contributed by atoms with E-state index < -0.39 is 18.1 Å². The van der Waals surface area contributed by atoms with Crippen molar-refractivity contribution >= 4 is 5.97 Å². The summed E-state index contributed by atoms with van der Waals surface area (Å²) in [6.45, 7) is 0. The Morgan fingerprint density at radius 2 is 2.18 bits per heavy atom. The molecule has 4 nitrogen and oxygen atoms in total. The molecule has 0 aromatic rings. The molecule has 0 aromatic carbocycles. The van der Waals surface area contributed by atoms with Crippen LogP contribution in [-0.4, -0.2) is 28.3 Å².